The molecule has 0 unspecified atom stereocenters. The van der Waals surface area contributed by atoms with Crippen molar-refractivity contribution in [3.8, 4) is 0 Å². The van der Waals surface area contributed by atoms with E-state index in [1.807, 2.05) is 10.3 Å². The molecular weight excluding hydrogens is 352 g/mol. The number of carbonyl (C=O) groups is 2. The minimum absolute atomic E-state index is 0.118. The zero-order valence-electron chi connectivity index (χ0n) is 10.8. The lowest BCUT2D eigenvalue weighted by molar-refractivity contribution is -0.121. The summed E-state index contributed by atoms with van der Waals surface area (Å²) in [6, 6.07) is 4.02. The SMILES string of the molecule is CCC(=O)NNS(=O)(=O)c1ccc(Br)cc1C(=O)OC. The Morgan fingerprint density at radius 1 is 1.35 bits per heavy atom. The van der Waals surface area contributed by atoms with E-state index in [2.05, 4.69) is 20.7 Å². The molecule has 0 saturated heterocycles. The van der Waals surface area contributed by atoms with E-state index in [-0.39, 0.29) is 16.9 Å². The Kier molecular flexibility index (Phi) is 5.66. The van der Waals surface area contributed by atoms with Gasteiger partial charge in [0.15, 0.2) is 0 Å². The lowest BCUT2D eigenvalue weighted by Crippen LogP contribution is -2.41. The van der Waals surface area contributed by atoms with Crippen molar-refractivity contribution in [1.29, 1.82) is 0 Å². The van der Waals surface area contributed by atoms with Crippen molar-refractivity contribution in [3.05, 3.63) is 28.2 Å². The molecule has 110 valence electrons. The molecule has 1 aromatic rings. The van der Waals surface area contributed by atoms with Gasteiger partial charge in [0, 0.05) is 10.9 Å². The second-order valence-corrected chi connectivity index (χ2v) is 6.21. The largest absolute Gasteiger partial charge is 0.465 e. The van der Waals surface area contributed by atoms with Crippen molar-refractivity contribution in [2.75, 3.05) is 7.11 Å². The summed E-state index contributed by atoms with van der Waals surface area (Å²) in [5.41, 5.74) is 1.89. The van der Waals surface area contributed by atoms with Crippen LogP contribution in [-0.2, 0) is 19.6 Å². The third kappa shape index (κ3) is 4.02. The zero-order chi connectivity index (χ0) is 15.3. The smallest absolute Gasteiger partial charge is 0.339 e. The topological polar surface area (TPSA) is 102 Å². The molecule has 9 heteroatoms. The number of ether oxygens (including phenoxy) is 1. The third-order valence-corrected chi connectivity index (χ3v) is 4.08. The molecule has 2 N–H and O–H groups in total. The van der Waals surface area contributed by atoms with Gasteiger partial charge in [0.1, 0.15) is 0 Å². The van der Waals surface area contributed by atoms with E-state index in [1.54, 1.807) is 6.92 Å². The van der Waals surface area contributed by atoms with Gasteiger partial charge in [-0.2, -0.15) is 0 Å². The third-order valence-electron chi connectivity index (χ3n) is 2.28. The fraction of sp³-hybridized carbons (Fsp3) is 0.273. The molecule has 1 aromatic carbocycles. The highest BCUT2D eigenvalue weighted by Gasteiger charge is 2.23. The number of hydrogen-bond acceptors (Lipinski definition) is 5. The number of rotatable bonds is 5. The van der Waals surface area contributed by atoms with E-state index in [4.69, 9.17) is 0 Å². The molecule has 0 bridgehead atoms. The molecule has 0 atom stereocenters. The molecule has 0 aliphatic heterocycles. The van der Waals surface area contributed by atoms with E-state index < -0.39 is 21.9 Å². The standard InChI is InChI=1S/C11H13BrN2O5S/c1-3-10(15)13-14-20(17,18)9-5-4-7(12)6-8(9)11(16)19-2/h4-6,14H,3H2,1-2H3,(H,13,15). The Morgan fingerprint density at radius 2 is 2.00 bits per heavy atom. The van der Waals surface area contributed by atoms with Gasteiger partial charge in [-0.25, -0.2) is 13.2 Å². The van der Waals surface area contributed by atoms with Crippen LogP contribution in [0.3, 0.4) is 0 Å². The first-order valence-corrected chi connectivity index (χ1v) is 7.78. The molecule has 0 aromatic heterocycles. The molecule has 1 amide bonds. The molecule has 20 heavy (non-hydrogen) atoms. The van der Waals surface area contributed by atoms with Gasteiger partial charge in [-0.3, -0.25) is 10.2 Å². The first-order chi connectivity index (χ1) is 9.31. The minimum Gasteiger partial charge on any atom is -0.465 e. The summed E-state index contributed by atoms with van der Waals surface area (Å²) in [7, 11) is -2.93. The number of nitrogens with one attached hydrogen (secondary N) is 2. The monoisotopic (exact) mass is 364 g/mol. The van der Waals surface area contributed by atoms with E-state index in [9.17, 15) is 18.0 Å². The highest BCUT2D eigenvalue weighted by molar-refractivity contribution is 9.10. The van der Waals surface area contributed by atoms with Crippen LogP contribution >= 0.6 is 15.9 Å². The van der Waals surface area contributed by atoms with Crippen LogP contribution in [0.4, 0.5) is 0 Å². The number of amides is 1. The summed E-state index contributed by atoms with van der Waals surface area (Å²) in [6.45, 7) is 1.57. The van der Waals surface area contributed by atoms with Crippen LogP contribution in [0.15, 0.2) is 27.6 Å². The van der Waals surface area contributed by atoms with Crippen LogP contribution in [0.1, 0.15) is 23.7 Å². The highest BCUT2D eigenvalue weighted by Crippen LogP contribution is 2.21. The maximum atomic E-state index is 12.1. The number of benzene rings is 1. The number of methoxy groups -OCH3 is 1. The predicted molar refractivity (Wildman–Crippen MR) is 74.2 cm³/mol. The Hall–Kier alpha value is -1.45. The minimum atomic E-state index is -4.07. The molecule has 0 saturated carbocycles. The van der Waals surface area contributed by atoms with Crippen molar-refractivity contribution < 1.29 is 22.7 Å². The number of halogens is 1. The molecule has 0 radical (unpaired) electrons. The summed E-state index contributed by atoms with van der Waals surface area (Å²) in [5.74, 6) is -1.29. The molecule has 0 spiro atoms. The van der Waals surface area contributed by atoms with Crippen molar-refractivity contribution in [2.45, 2.75) is 18.2 Å². The number of esters is 1. The molecule has 0 aliphatic carbocycles. The summed E-state index contributed by atoms with van der Waals surface area (Å²) in [4.78, 5) is 24.3. The number of hydrogen-bond donors (Lipinski definition) is 2. The Bertz CT molecular complexity index is 630. The van der Waals surface area contributed by atoms with E-state index in [0.29, 0.717) is 4.47 Å². The van der Waals surface area contributed by atoms with Crippen molar-refractivity contribution >= 4 is 37.8 Å². The second-order valence-electron chi connectivity index (χ2n) is 3.64. The van der Waals surface area contributed by atoms with Gasteiger partial charge < -0.3 is 4.74 Å². The van der Waals surface area contributed by atoms with Gasteiger partial charge in [-0.05, 0) is 18.2 Å². The lowest BCUT2D eigenvalue weighted by Gasteiger charge is -2.11. The molecular formula is C11H13BrN2O5S. The molecule has 0 heterocycles. The van der Waals surface area contributed by atoms with Crippen LogP contribution in [0.25, 0.3) is 0 Å². The summed E-state index contributed by atoms with van der Waals surface area (Å²) >= 11 is 3.14. The lowest BCUT2D eigenvalue weighted by atomic mass is 10.2. The van der Waals surface area contributed by atoms with Crippen LogP contribution < -0.4 is 10.3 Å². The normalized spacial score (nSPS) is 10.9. The van der Waals surface area contributed by atoms with E-state index in [0.717, 1.165) is 7.11 Å². The van der Waals surface area contributed by atoms with Gasteiger partial charge >= 0.3 is 5.97 Å². The van der Waals surface area contributed by atoms with Crippen LogP contribution in [0.2, 0.25) is 0 Å². The number of sulfonamides is 1. The average molecular weight is 365 g/mol. The fourth-order valence-electron chi connectivity index (χ4n) is 1.27. The number of hydrazine groups is 1. The Morgan fingerprint density at radius 3 is 2.55 bits per heavy atom. The maximum Gasteiger partial charge on any atom is 0.339 e. The first kappa shape index (κ1) is 16.6. The Balaban J connectivity index is 3.17. The quantitative estimate of drug-likeness (QED) is 0.598. The highest BCUT2D eigenvalue weighted by atomic mass is 79.9. The van der Waals surface area contributed by atoms with E-state index in [1.165, 1.54) is 18.2 Å². The van der Waals surface area contributed by atoms with Crippen LogP contribution in [0, 0.1) is 0 Å². The van der Waals surface area contributed by atoms with Gasteiger partial charge in [0.2, 0.25) is 5.91 Å². The molecule has 0 aliphatic rings. The van der Waals surface area contributed by atoms with Gasteiger partial charge in [-0.1, -0.05) is 22.9 Å². The van der Waals surface area contributed by atoms with Crippen molar-refractivity contribution in [1.82, 2.24) is 10.3 Å². The summed E-state index contributed by atoms with van der Waals surface area (Å²) in [5, 5.41) is 0. The summed E-state index contributed by atoms with van der Waals surface area (Å²) < 4.78 is 29.2. The zero-order valence-corrected chi connectivity index (χ0v) is 13.2. The van der Waals surface area contributed by atoms with Crippen molar-refractivity contribution in [3.63, 3.8) is 0 Å². The number of carbonyl (C=O) groups excluding carboxylic acids is 2. The summed E-state index contributed by atoms with van der Waals surface area (Å²) in [6.07, 6.45) is 0.118. The average Bonchev–Trinajstić information content (AvgIpc) is 2.43. The van der Waals surface area contributed by atoms with Gasteiger partial charge in [0.25, 0.3) is 10.0 Å². The fourth-order valence-corrected chi connectivity index (χ4v) is 2.67. The molecule has 1 rings (SSSR count). The van der Waals surface area contributed by atoms with E-state index >= 15 is 0 Å². The maximum absolute atomic E-state index is 12.1. The van der Waals surface area contributed by atoms with Crippen LogP contribution in [0.5, 0.6) is 0 Å². The van der Waals surface area contributed by atoms with Crippen molar-refractivity contribution in [2.24, 2.45) is 0 Å². The molecule has 7 nitrogen and oxygen atoms in total. The second kappa shape index (κ2) is 6.82. The molecule has 0 fully saturated rings. The first-order valence-electron chi connectivity index (χ1n) is 5.50. The van der Waals surface area contributed by atoms with Crippen LogP contribution in [-0.4, -0.2) is 27.4 Å². The van der Waals surface area contributed by atoms with Gasteiger partial charge in [-0.15, -0.1) is 4.83 Å². The van der Waals surface area contributed by atoms with Gasteiger partial charge in [0.05, 0.1) is 17.6 Å². The Labute approximate surface area is 124 Å². The predicted octanol–water partition coefficient (Wildman–Crippen LogP) is 0.955.